The summed E-state index contributed by atoms with van der Waals surface area (Å²) in [6, 6.07) is 13.2. The number of rotatable bonds is 7. The van der Waals surface area contributed by atoms with Crippen molar-refractivity contribution >= 4 is 17.5 Å². The number of aromatic nitrogens is 3. The summed E-state index contributed by atoms with van der Waals surface area (Å²) >= 11 is 0. The standard InChI is InChI=1S/C25H29N5O2/c1-2-30(21-6-4-3-5-7-21)25(32)22-17-28-29-23(22)19-10-8-18(9-11-19)16-27-24(31)20-12-14-26-15-13-20/h3-7,12-15,17-19H,2,8-11,16H2,1H3,(H,27,31)(H,28,29). The van der Waals surface area contributed by atoms with Gasteiger partial charge in [-0.25, -0.2) is 0 Å². The lowest BCUT2D eigenvalue weighted by Crippen LogP contribution is -2.32. The molecule has 1 aromatic carbocycles. The summed E-state index contributed by atoms with van der Waals surface area (Å²) in [7, 11) is 0. The first kappa shape index (κ1) is 21.7. The van der Waals surface area contributed by atoms with Crippen LogP contribution in [-0.2, 0) is 0 Å². The van der Waals surface area contributed by atoms with Gasteiger partial charge in [-0.2, -0.15) is 5.10 Å². The fourth-order valence-electron chi connectivity index (χ4n) is 4.47. The Balaban J connectivity index is 1.35. The quantitative estimate of drug-likeness (QED) is 0.587. The number of hydrogen-bond acceptors (Lipinski definition) is 4. The minimum absolute atomic E-state index is 0.0193. The lowest BCUT2D eigenvalue weighted by atomic mass is 9.79. The first-order valence-electron chi connectivity index (χ1n) is 11.3. The number of pyridine rings is 1. The lowest BCUT2D eigenvalue weighted by molar-refractivity contribution is 0.0940. The van der Waals surface area contributed by atoms with E-state index in [0.29, 0.717) is 30.1 Å². The maximum absolute atomic E-state index is 13.3. The first-order chi connectivity index (χ1) is 15.7. The number of nitrogens with one attached hydrogen (secondary N) is 2. The molecule has 0 bridgehead atoms. The third-order valence-corrected chi connectivity index (χ3v) is 6.28. The first-order valence-corrected chi connectivity index (χ1v) is 11.3. The number of nitrogens with zero attached hydrogens (tertiary/aromatic N) is 3. The Morgan fingerprint density at radius 2 is 1.78 bits per heavy atom. The molecule has 4 rings (SSSR count). The molecule has 7 nitrogen and oxygen atoms in total. The van der Waals surface area contributed by atoms with Crippen LogP contribution in [0, 0.1) is 5.92 Å². The third kappa shape index (κ3) is 4.88. The average Bonchev–Trinajstić information content (AvgIpc) is 3.34. The van der Waals surface area contributed by atoms with E-state index in [9.17, 15) is 9.59 Å². The maximum atomic E-state index is 13.3. The van der Waals surface area contributed by atoms with Gasteiger partial charge in [-0.3, -0.25) is 19.7 Å². The van der Waals surface area contributed by atoms with Crippen molar-refractivity contribution in [3.63, 3.8) is 0 Å². The Morgan fingerprint density at radius 1 is 1.06 bits per heavy atom. The van der Waals surface area contributed by atoms with Crippen LogP contribution in [-0.4, -0.2) is 40.1 Å². The number of anilines is 1. The number of benzene rings is 1. The molecule has 0 saturated heterocycles. The summed E-state index contributed by atoms with van der Waals surface area (Å²) in [5.74, 6) is 0.638. The van der Waals surface area contributed by atoms with Gasteiger partial charge in [-0.1, -0.05) is 18.2 Å². The summed E-state index contributed by atoms with van der Waals surface area (Å²) in [4.78, 5) is 31.3. The van der Waals surface area contributed by atoms with Crippen molar-refractivity contribution in [2.75, 3.05) is 18.0 Å². The van der Waals surface area contributed by atoms with Crippen LogP contribution in [0.2, 0.25) is 0 Å². The van der Waals surface area contributed by atoms with Crippen molar-refractivity contribution in [1.82, 2.24) is 20.5 Å². The number of para-hydroxylation sites is 1. The van der Waals surface area contributed by atoms with E-state index < -0.39 is 0 Å². The zero-order valence-corrected chi connectivity index (χ0v) is 18.3. The fraction of sp³-hybridized carbons (Fsp3) is 0.360. The number of carbonyl (C=O) groups is 2. The minimum Gasteiger partial charge on any atom is -0.352 e. The van der Waals surface area contributed by atoms with E-state index in [1.165, 1.54) is 0 Å². The zero-order chi connectivity index (χ0) is 22.3. The largest absolute Gasteiger partial charge is 0.352 e. The normalized spacial score (nSPS) is 18.2. The summed E-state index contributed by atoms with van der Waals surface area (Å²) in [6.07, 6.45) is 8.85. The van der Waals surface area contributed by atoms with Gasteiger partial charge in [0.05, 0.1) is 17.5 Å². The van der Waals surface area contributed by atoms with Crippen LogP contribution < -0.4 is 10.2 Å². The summed E-state index contributed by atoms with van der Waals surface area (Å²) in [6.45, 7) is 3.24. The van der Waals surface area contributed by atoms with Crippen LogP contribution in [0.3, 0.4) is 0 Å². The lowest BCUT2D eigenvalue weighted by Gasteiger charge is -2.29. The van der Waals surface area contributed by atoms with Crippen molar-refractivity contribution in [1.29, 1.82) is 0 Å². The number of H-pyrrole nitrogens is 1. The fourth-order valence-corrected chi connectivity index (χ4v) is 4.47. The average molecular weight is 432 g/mol. The topological polar surface area (TPSA) is 91.0 Å². The van der Waals surface area contributed by atoms with Gasteiger partial charge in [-0.15, -0.1) is 0 Å². The molecule has 2 amide bonds. The highest BCUT2D eigenvalue weighted by Crippen LogP contribution is 2.36. The Bertz CT molecular complexity index is 1030. The van der Waals surface area contributed by atoms with Crippen LogP contribution in [0.15, 0.2) is 61.1 Å². The predicted octanol–water partition coefficient (Wildman–Crippen LogP) is 4.18. The zero-order valence-electron chi connectivity index (χ0n) is 18.3. The molecule has 166 valence electrons. The minimum atomic E-state index is -0.0588. The van der Waals surface area contributed by atoms with Gasteiger partial charge < -0.3 is 10.2 Å². The van der Waals surface area contributed by atoms with Gasteiger partial charge in [0.2, 0.25) is 0 Å². The van der Waals surface area contributed by atoms with E-state index >= 15 is 0 Å². The number of hydrogen-bond donors (Lipinski definition) is 2. The van der Waals surface area contributed by atoms with Gasteiger partial charge in [0.25, 0.3) is 11.8 Å². The van der Waals surface area contributed by atoms with Crippen LogP contribution in [0.5, 0.6) is 0 Å². The number of amides is 2. The molecular weight excluding hydrogens is 402 g/mol. The molecule has 3 aromatic rings. The monoisotopic (exact) mass is 431 g/mol. The number of aromatic amines is 1. The van der Waals surface area contributed by atoms with E-state index in [-0.39, 0.29) is 17.7 Å². The van der Waals surface area contributed by atoms with Crippen LogP contribution in [0.25, 0.3) is 0 Å². The molecule has 32 heavy (non-hydrogen) atoms. The van der Waals surface area contributed by atoms with Crippen molar-refractivity contribution in [2.45, 2.75) is 38.5 Å². The molecule has 2 N–H and O–H groups in total. The SMILES string of the molecule is CCN(C(=O)c1cn[nH]c1C1CCC(CNC(=O)c2ccncc2)CC1)c1ccccc1. The van der Waals surface area contributed by atoms with Gasteiger partial charge in [0.15, 0.2) is 0 Å². The number of carbonyl (C=O) groups excluding carboxylic acids is 2. The maximum Gasteiger partial charge on any atom is 0.261 e. The van der Waals surface area contributed by atoms with Crippen LogP contribution in [0.4, 0.5) is 5.69 Å². The molecule has 1 aliphatic rings. The van der Waals surface area contributed by atoms with E-state index in [1.807, 2.05) is 37.3 Å². The molecule has 7 heteroatoms. The molecule has 1 fully saturated rings. The smallest absolute Gasteiger partial charge is 0.261 e. The van der Waals surface area contributed by atoms with Crippen molar-refractivity contribution < 1.29 is 9.59 Å². The Morgan fingerprint density at radius 3 is 2.47 bits per heavy atom. The van der Waals surface area contributed by atoms with E-state index in [1.54, 1.807) is 35.6 Å². The van der Waals surface area contributed by atoms with Crippen LogP contribution >= 0.6 is 0 Å². The van der Waals surface area contributed by atoms with E-state index in [4.69, 9.17) is 0 Å². The molecule has 2 aromatic heterocycles. The Labute approximate surface area is 188 Å². The van der Waals surface area contributed by atoms with Crippen molar-refractivity contribution in [3.8, 4) is 0 Å². The third-order valence-electron chi connectivity index (χ3n) is 6.28. The van der Waals surface area contributed by atoms with Gasteiger partial charge in [0, 0.05) is 42.7 Å². The van der Waals surface area contributed by atoms with E-state index in [0.717, 1.165) is 37.1 Å². The molecule has 0 unspecified atom stereocenters. The highest BCUT2D eigenvalue weighted by Gasteiger charge is 2.29. The van der Waals surface area contributed by atoms with Gasteiger partial charge in [-0.05, 0) is 62.8 Å². The molecule has 0 atom stereocenters. The summed E-state index contributed by atoms with van der Waals surface area (Å²) in [5, 5.41) is 10.3. The van der Waals surface area contributed by atoms with E-state index in [2.05, 4.69) is 20.5 Å². The second-order valence-corrected chi connectivity index (χ2v) is 8.25. The Hall–Kier alpha value is -3.48. The van der Waals surface area contributed by atoms with Gasteiger partial charge in [0.1, 0.15) is 0 Å². The molecule has 1 aliphatic carbocycles. The second-order valence-electron chi connectivity index (χ2n) is 8.25. The molecule has 0 spiro atoms. The predicted molar refractivity (Wildman–Crippen MR) is 124 cm³/mol. The highest BCUT2D eigenvalue weighted by molar-refractivity contribution is 6.06. The second kappa shape index (κ2) is 10.2. The highest BCUT2D eigenvalue weighted by atomic mass is 16.2. The summed E-state index contributed by atoms with van der Waals surface area (Å²) in [5.41, 5.74) is 3.11. The van der Waals surface area contributed by atoms with Crippen molar-refractivity contribution in [2.24, 2.45) is 5.92 Å². The Kier molecular flexibility index (Phi) is 6.94. The van der Waals surface area contributed by atoms with Gasteiger partial charge >= 0.3 is 0 Å². The van der Waals surface area contributed by atoms with Crippen molar-refractivity contribution in [3.05, 3.63) is 77.9 Å². The molecular formula is C25H29N5O2. The van der Waals surface area contributed by atoms with Crippen LogP contribution in [0.1, 0.15) is 64.9 Å². The molecule has 0 radical (unpaired) electrons. The summed E-state index contributed by atoms with van der Waals surface area (Å²) < 4.78 is 0. The molecule has 1 saturated carbocycles. The molecule has 0 aliphatic heterocycles. The molecule has 2 heterocycles.